The molecule has 0 saturated heterocycles. The summed E-state index contributed by atoms with van der Waals surface area (Å²) < 4.78 is 34.3. The molecule has 0 saturated carbocycles. The Morgan fingerprint density at radius 3 is 1.50 bits per heavy atom. The van der Waals surface area contributed by atoms with Crippen LogP contribution in [-0.4, -0.2) is 74.9 Å². The van der Waals surface area contributed by atoms with Gasteiger partial charge in [0.25, 0.3) is 0 Å². The first-order valence-electron chi connectivity index (χ1n) is 23.7. The maximum absolute atomic E-state index is 12.7. The van der Waals surface area contributed by atoms with Crippen molar-refractivity contribution < 1.29 is 42.1 Å². The van der Waals surface area contributed by atoms with Gasteiger partial charge in [0, 0.05) is 12.8 Å². The van der Waals surface area contributed by atoms with Crippen LogP contribution >= 0.6 is 7.82 Å². The minimum atomic E-state index is -4.40. The number of carbonyl (C=O) groups is 2. The first-order chi connectivity index (χ1) is 29.0. The van der Waals surface area contributed by atoms with E-state index < -0.39 is 32.5 Å². The van der Waals surface area contributed by atoms with Crippen molar-refractivity contribution in [1.29, 1.82) is 0 Å². The van der Waals surface area contributed by atoms with Crippen LogP contribution in [-0.2, 0) is 32.7 Å². The van der Waals surface area contributed by atoms with Crippen LogP contribution in [0.25, 0.3) is 0 Å². The van der Waals surface area contributed by atoms with Crippen molar-refractivity contribution in [2.45, 2.75) is 187 Å². The Balaban J connectivity index is 4.46. The first-order valence-corrected chi connectivity index (χ1v) is 25.2. The van der Waals surface area contributed by atoms with Crippen molar-refractivity contribution in [2.75, 3.05) is 47.5 Å². The van der Waals surface area contributed by atoms with Crippen molar-refractivity contribution in [1.82, 2.24) is 0 Å². The number of esters is 2. The second-order valence-electron chi connectivity index (χ2n) is 16.8. The van der Waals surface area contributed by atoms with Gasteiger partial charge in [-0.15, -0.1) is 0 Å². The van der Waals surface area contributed by atoms with Gasteiger partial charge in [0.15, 0.2) is 6.10 Å². The van der Waals surface area contributed by atoms with Gasteiger partial charge in [-0.05, 0) is 77.0 Å². The van der Waals surface area contributed by atoms with Crippen LogP contribution < -0.4 is 0 Å². The summed E-state index contributed by atoms with van der Waals surface area (Å²) in [5, 5.41) is 0. The molecule has 1 unspecified atom stereocenters. The smallest absolute Gasteiger partial charge is 0.462 e. The molecule has 1 N–H and O–H groups in total. The number of hydrogen-bond acceptors (Lipinski definition) is 7. The number of phosphoric acid groups is 1. The Labute approximate surface area is 368 Å². The lowest BCUT2D eigenvalue weighted by Gasteiger charge is -2.24. The van der Waals surface area contributed by atoms with Gasteiger partial charge in [-0.3, -0.25) is 18.6 Å². The summed E-state index contributed by atoms with van der Waals surface area (Å²) in [4.78, 5) is 35.4. The van der Waals surface area contributed by atoms with E-state index in [1.807, 2.05) is 27.2 Å². The highest BCUT2D eigenvalue weighted by atomic mass is 31.2. The van der Waals surface area contributed by atoms with Gasteiger partial charge in [0.1, 0.15) is 19.8 Å². The first kappa shape index (κ1) is 57.4. The Kier molecular flexibility index (Phi) is 40.0. The van der Waals surface area contributed by atoms with E-state index in [4.69, 9.17) is 18.5 Å². The Morgan fingerprint density at radius 1 is 0.533 bits per heavy atom. The lowest BCUT2D eigenvalue weighted by molar-refractivity contribution is -0.870. The predicted octanol–water partition coefficient (Wildman–Crippen LogP) is 13.8. The van der Waals surface area contributed by atoms with E-state index in [1.54, 1.807) is 0 Å². The molecule has 0 aromatic heterocycles. The number of nitrogens with zero attached hydrogens (tertiary/aromatic N) is 1. The highest BCUT2D eigenvalue weighted by molar-refractivity contribution is 7.47. The quantitative estimate of drug-likeness (QED) is 0.0161. The third-order valence-electron chi connectivity index (χ3n) is 9.74. The fourth-order valence-electron chi connectivity index (χ4n) is 6.00. The van der Waals surface area contributed by atoms with E-state index in [9.17, 15) is 19.0 Å². The van der Waals surface area contributed by atoms with Crippen LogP contribution in [0, 0.1) is 0 Å². The summed E-state index contributed by atoms with van der Waals surface area (Å²) in [6.45, 7) is 4.31. The van der Waals surface area contributed by atoms with Gasteiger partial charge >= 0.3 is 19.8 Å². The topological polar surface area (TPSA) is 108 Å². The molecule has 0 amide bonds. The standard InChI is InChI=1S/C50H88NO8P/c1-6-8-10-12-14-16-18-20-22-23-24-25-26-27-29-31-33-35-37-39-41-43-50(53)59-48(47-58-60(54,55)57-45-44-51(3,4)5)46-56-49(52)42-40-38-36-34-32-30-28-21-19-17-15-13-11-9-7-2/h17,19,21-23,25-26,28-29,31,35,37,48H,6-16,18,20,24,27,30,32-34,36,38-47H2,1-5H3/p+1/b19-17+,23-22+,26-25+,28-21+,31-29+,37-35+/t48-/m1/s1. The third kappa shape index (κ3) is 45.0. The number of allylic oxidation sites excluding steroid dienone is 12. The van der Waals surface area contributed by atoms with Crippen molar-refractivity contribution in [3.05, 3.63) is 72.9 Å². The zero-order chi connectivity index (χ0) is 44.3. The molecule has 9 nitrogen and oxygen atoms in total. The van der Waals surface area contributed by atoms with E-state index in [0.29, 0.717) is 30.3 Å². The van der Waals surface area contributed by atoms with Crippen molar-refractivity contribution in [3.8, 4) is 0 Å². The average molecular weight is 863 g/mol. The minimum Gasteiger partial charge on any atom is -0.462 e. The Morgan fingerprint density at radius 2 is 0.967 bits per heavy atom. The lowest BCUT2D eigenvalue weighted by Crippen LogP contribution is -2.37. The average Bonchev–Trinajstić information content (AvgIpc) is 3.20. The van der Waals surface area contributed by atoms with Crippen LogP contribution in [0.15, 0.2) is 72.9 Å². The summed E-state index contributed by atoms with van der Waals surface area (Å²) in [5.41, 5.74) is 0. The van der Waals surface area contributed by atoms with Crippen molar-refractivity contribution >= 4 is 19.8 Å². The maximum atomic E-state index is 12.7. The molecular weight excluding hydrogens is 774 g/mol. The predicted molar refractivity (Wildman–Crippen MR) is 252 cm³/mol. The number of ether oxygens (including phenoxy) is 2. The van der Waals surface area contributed by atoms with Gasteiger partial charge in [-0.2, -0.15) is 0 Å². The van der Waals surface area contributed by atoms with E-state index in [2.05, 4.69) is 80.7 Å². The van der Waals surface area contributed by atoms with Crippen LogP contribution in [0.1, 0.15) is 181 Å². The molecule has 0 fully saturated rings. The molecule has 0 aromatic carbocycles. The van der Waals surface area contributed by atoms with Crippen LogP contribution in [0.2, 0.25) is 0 Å². The molecule has 60 heavy (non-hydrogen) atoms. The third-order valence-corrected chi connectivity index (χ3v) is 10.7. The summed E-state index contributed by atoms with van der Waals surface area (Å²) >= 11 is 0. The van der Waals surface area contributed by atoms with Gasteiger partial charge in [0.2, 0.25) is 0 Å². The normalized spacial score (nSPS) is 14.2. The molecule has 0 aliphatic carbocycles. The fraction of sp³-hybridized carbons (Fsp3) is 0.720. The Bertz CT molecular complexity index is 1250. The van der Waals surface area contributed by atoms with E-state index in [-0.39, 0.29) is 26.1 Å². The molecule has 0 spiro atoms. The van der Waals surface area contributed by atoms with Gasteiger partial charge in [-0.1, -0.05) is 164 Å². The van der Waals surface area contributed by atoms with Crippen LogP contribution in [0.4, 0.5) is 0 Å². The highest BCUT2D eigenvalue weighted by Crippen LogP contribution is 2.43. The summed E-state index contributed by atoms with van der Waals surface area (Å²) in [6, 6.07) is 0. The van der Waals surface area contributed by atoms with Gasteiger partial charge in [-0.25, -0.2) is 4.57 Å². The molecule has 0 heterocycles. The SMILES string of the molecule is CCCCCC/C=C/C=C/CCCCCCCC(=O)OC[C@H](COP(=O)(O)OCC[N+](C)(C)C)OC(=O)CCC/C=C/C/C=C/C/C=C/C/C=C/CCCCCCCCC. The number of hydrogen-bond donors (Lipinski definition) is 1. The molecule has 0 radical (unpaired) electrons. The largest absolute Gasteiger partial charge is 0.472 e. The van der Waals surface area contributed by atoms with E-state index in [1.165, 1.54) is 77.0 Å². The monoisotopic (exact) mass is 863 g/mol. The molecule has 0 aliphatic rings. The molecule has 2 atom stereocenters. The maximum Gasteiger partial charge on any atom is 0.472 e. The number of carbonyl (C=O) groups excluding carboxylic acids is 2. The fourth-order valence-corrected chi connectivity index (χ4v) is 6.74. The molecule has 346 valence electrons. The lowest BCUT2D eigenvalue weighted by atomic mass is 10.1. The number of unbranched alkanes of at least 4 members (excludes halogenated alkanes) is 17. The van der Waals surface area contributed by atoms with E-state index >= 15 is 0 Å². The second-order valence-corrected chi connectivity index (χ2v) is 18.3. The van der Waals surface area contributed by atoms with Crippen LogP contribution in [0.3, 0.4) is 0 Å². The number of rotatable bonds is 42. The summed E-state index contributed by atoms with van der Waals surface area (Å²) in [6.07, 6.45) is 52.5. The molecular formula is C50H89NO8P+. The summed E-state index contributed by atoms with van der Waals surface area (Å²) in [7, 11) is 1.42. The summed E-state index contributed by atoms with van der Waals surface area (Å²) in [5.74, 6) is -0.886. The van der Waals surface area contributed by atoms with E-state index in [0.717, 1.165) is 57.8 Å². The van der Waals surface area contributed by atoms with Crippen LogP contribution in [0.5, 0.6) is 0 Å². The number of quaternary nitrogens is 1. The van der Waals surface area contributed by atoms with Crippen molar-refractivity contribution in [2.24, 2.45) is 0 Å². The highest BCUT2D eigenvalue weighted by Gasteiger charge is 2.27. The molecule has 0 aromatic rings. The zero-order valence-electron chi connectivity index (χ0n) is 38.9. The molecule has 10 heteroatoms. The van der Waals surface area contributed by atoms with Gasteiger partial charge in [0.05, 0.1) is 27.7 Å². The minimum absolute atomic E-state index is 0.0155. The molecule has 0 rings (SSSR count). The second kappa shape index (κ2) is 41.8. The molecule has 0 aliphatic heterocycles. The number of likely N-dealkylation sites (N-methyl/N-ethyl adjacent to an activating group) is 1. The van der Waals surface area contributed by atoms with Gasteiger partial charge < -0.3 is 18.9 Å². The zero-order valence-corrected chi connectivity index (χ0v) is 39.8. The number of phosphoric ester groups is 1. The van der Waals surface area contributed by atoms with Crippen molar-refractivity contribution in [3.63, 3.8) is 0 Å². The molecule has 0 bridgehead atoms. The Hall–Kier alpha value is -2.55.